The lowest BCUT2D eigenvalue weighted by molar-refractivity contribution is -0.137. The van der Waals surface area contributed by atoms with Crippen molar-refractivity contribution in [3.63, 3.8) is 0 Å². The van der Waals surface area contributed by atoms with Crippen LogP contribution in [0.4, 0.5) is 0 Å². The minimum atomic E-state index is -1.68. The number of rotatable bonds is 15. The summed E-state index contributed by atoms with van der Waals surface area (Å²) < 4.78 is 34.1. The fourth-order valence-corrected chi connectivity index (χ4v) is 8.04. The number of benzene rings is 1. The molecular weight excluding hydrogens is 485 g/mol. The van der Waals surface area contributed by atoms with Crippen LogP contribution in [0.25, 0.3) is 6.08 Å². The Hall–Kier alpha value is -1.60. The highest BCUT2D eigenvalue weighted by molar-refractivity contribution is 6.71. The van der Waals surface area contributed by atoms with E-state index in [0.29, 0.717) is 44.9 Å². The van der Waals surface area contributed by atoms with Gasteiger partial charge in [-0.3, -0.25) is 0 Å². The topological polar surface area (TPSA) is 72.5 Å². The minimum Gasteiger partial charge on any atom is -0.493 e. The molecule has 1 rings (SSSR count). The van der Waals surface area contributed by atoms with Gasteiger partial charge in [-0.15, -0.1) is 0 Å². The summed E-state index contributed by atoms with van der Waals surface area (Å²) in [4.78, 5) is 12.2. The van der Waals surface area contributed by atoms with Crippen molar-refractivity contribution >= 4 is 38.2 Å². The number of hydrogen-bond donors (Lipinski definition) is 0. The molecule has 0 fully saturated rings. The van der Waals surface area contributed by atoms with Gasteiger partial charge in [0.25, 0.3) is 0 Å². The molecule has 0 heterocycles. The van der Waals surface area contributed by atoms with Crippen molar-refractivity contribution in [3.05, 3.63) is 23.8 Å². The summed E-state index contributed by atoms with van der Waals surface area (Å²) in [7, 11) is 1.85. The van der Waals surface area contributed by atoms with Gasteiger partial charge in [0.05, 0.1) is 27.9 Å². The van der Waals surface area contributed by atoms with Gasteiger partial charge < -0.3 is 27.8 Å². The van der Waals surface area contributed by atoms with Gasteiger partial charge in [0.2, 0.25) is 5.75 Å². The van der Waals surface area contributed by atoms with Gasteiger partial charge in [0.15, 0.2) is 28.1 Å². The molecule has 0 saturated heterocycles. The number of methoxy groups -OCH3 is 3. The van der Waals surface area contributed by atoms with Crippen LogP contribution < -0.4 is 14.2 Å². The van der Waals surface area contributed by atoms with Crippen LogP contribution >= 0.6 is 0 Å². The molecule has 1 atom stereocenters. The van der Waals surface area contributed by atoms with E-state index < -0.39 is 22.6 Å². The highest BCUT2D eigenvalue weighted by Gasteiger charge is 2.27. The van der Waals surface area contributed by atoms with Crippen LogP contribution in [0.3, 0.4) is 0 Å². The summed E-state index contributed by atoms with van der Waals surface area (Å²) in [5, 5.41) is 0. The Morgan fingerprint density at radius 3 is 2.03 bits per heavy atom. The Labute approximate surface area is 210 Å². The zero-order valence-electron chi connectivity index (χ0n) is 22.4. The lowest BCUT2D eigenvalue weighted by Gasteiger charge is -2.32. The van der Waals surface area contributed by atoms with E-state index in [1.54, 1.807) is 39.5 Å². The number of hydrogen-bond acceptors (Lipinski definition) is 7. The van der Waals surface area contributed by atoms with Crippen LogP contribution in [-0.2, 0) is 18.4 Å². The van der Waals surface area contributed by atoms with Gasteiger partial charge in [0, 0.05) is 11.6 Å². The molecule has 0 aliphatic heterocycles. The molecule has 0 aliphatic carbocycles. The second-order valence-corrected chi connectivity index (χ2v) is 20.2. The Morgan fingerprint density at radius 1 is 0.941 bits per heavy atom. The Bertz CT molecular complexity index is 785. The molecule has 0 saturated carbocycles. The Morgan fingerprint density at radius 2 is 1.53 bits per heavy atom. The zero-order chi connectivity index (χ0) is 25.9. The molecule has 1 unspecified atom stereocenters. The first-order valence-corrected chi connectivity index (χ1v) is 19.6. The predicted octanol–water partition coefficient (Wildman–Crippen LogP) is 5.40. The maximum Gasteiger partial charge on any atom is 0.330 e. The molecule has 0 amide bonds. The molecule has 10 heteroatoms. The van der Waals surface area contributed by atoms with Crippen molar-refractivity contribution in [2.24, 2.45) is 5.92 Å². The Kier molecular flexibility index (Phi) is 12.6. The number of carbonyl (C=O) groups excluding carboxylic acids is 1. The predicted molar refractivity (Wildman–Crippen MR) is 143 cm³/mol. The molecule has 0 spiro atoms. The summed E-state index contributed by atoms with van der Waals surface area (Å²) in [5.74, 6) is 1.41. The average molecular weight is 527 g/mol. The largest absolute Gasteiger partial charge is 0.493 e. The van der Waals surface area contributed by atoms with Crippen molar-refractivity contribution in [1.29, 1.82) is 0 Å². The van der Waals surface area contributed by atoms with E-state index in [0.717, 1.165) is 12.5 Å². The quantitative estimate of drug-likeness (QED) is 0.131. The third-order valence-electron chi connectivity index (χ3n) is 4.54. The molecular formula is C24H42O7Si3. The summed E-state index contributed by atoms with van der Waals surface area (Å²) in [6.45, 7) is 15.7. The van der Waals surface area contributed by atoms with Gasteiger partial charge in [-0.25, -0.2) is 4.79 Å². The van der Waals surface area contributed by atoms with Gasteiger partial charge in [-0.2, -0.15) is 0 Å². The van der Waals surface area contributed by atoms with Crippen LogP contribution in [0.2, 0.25) is 45.3 Å². The van der Waals surface area contributed by atoms with Gasteiger partial charge in [-0.05, 0) is 69.8 Å². The first-order chi connectivity index (χ1) is 15.8. The maximum atomic E-state index is 12.2. The number of ether oxygens (including phenoxy) is 4. The van der Waals surface area contributed by atoms with E-state index in [4.69, 9.17) is 27.8 Å². The van der Waals surface area contributed by atoms with E-state index in [9.17, 15) is 4.79 Å². The number of esters is 1. The number of carbonyl (C=O) groups is 1. The molecule has 0 aliphatic rings. The van der Waals surface area contributed by atoms with Gasteiger partial charge >= 0.3 is 5.97 Å². The van der Waals surface area contributed by atoms with Crippen molar-refractivity contribution in [1.82, 2.24) is 0 Å². The van der Waals surface area contributed by atoms with Crippen LogP contribution in [0.5, 0.6) is 17.2 Å². The molecule has 1 aromatic carbocycles. The second-order valence-electron chi connectivity index (χ2n) is 10.0. The smallest absolute Gasteiger partial charge is 0.330 e. The van der Waals surface area contributed by atoms with Crippen molar-refractivity contribution in [2.75, 3.05) is 27.9 Å². The van der Waals surface area contributed by atoms with E-state index in [1.807, 2.05) is 0 Å². The maximum absolute atomic E-state index is 12.2. The highest BCUT2D eigenvalue weighted by Crippen LogP contribution is 2.40. The fourth-order valence-electron chi connectivity index (χ4n) is 2.97. The van der Waals surface area contributed by atoms with Crippen LogP contribution in [0.15, 0.2) is 18.2 Å². The van der Waals surface area contributed by atoms with Crippen molar-refractivity contribution < 1.29 is 32.6 Å². The van der Waals surface area contributed by atoms with Gasteiger partial charge in [0.1, 0.15) is 15.4 Å². The lowest BCUT2D eigenvalue weighted by atomic mass is 10.1. The van der Waals surface area contributed by atoms with E-state index in [1.165, 1.54) is 6.08 Å². The lowest BCUT2D eigenvalue weighted by Crippen LogP contribution is -2.43. The average Bonchev–Trinajstić information content (AvgIpc) is 2.73. The normalized spacial score (nSPS) is 13.3. The van der Waals surface area contributed by atoms with Crippen LogP contribution in [-0.4, -0.2) is 66.0 Å². The summed E-state index contributed by atoms with van der Waals surface area (Å²) >= 11 is 0. The minimum absolute atomic E-state index is 0.122. The molecule has 34 heavy (non-hydrogen) atoms. The van der Waals surface area contributed by atoms with Crippen LogP contribution in [0, 0.1) is 5.92 Å². The fraction of sp³-hybridized carbons (Fsp3) is 0.625. The summed E-state index contributed by atoms with van der Waals surface area (Å²) in [6, 6.07) is 4.55. The third kappa shape index (κ3) is 11.7. The second kappa shape index (κ2) is 14.1. The first-order valence-electron chi connectivity index (χ1n) is 11.5. The summed E-state index contributed by atoms with van der Waals surface area (Å²) in [6.07, 6.45) is 3.84. The van der Waals surface area contributed by atoms with Crippen molar-refractivity contribution in [3.8, 4) is 17.2 Å². The monoisotopic (exact) mass is 526 g/mol. The molecule has 7 nitrogen and oxygen atoms in total. The van der Waals surface area contributed by atoms with Gasteiger partial charge in [-0.1, -0.05) is 13.0 Å². The molecule has 0 bridgehead atoms. The van der Waals surface area contributed by atoms with Crippen molar-refractivity contribution in [2.45, 2.75) is 64.6 Å². The van der Waals surface area contributed by atoms with E-state index >= 15 is 0 Å². The molecule has 0 N–H and O–H groups in total. The molecule has 192 valence electrons. The Balaban J connectivity index is 2.57. The molecule has 0 aromatic heterocycles. The third-order valence-corrected chi connectivity index (χ3v) is 8.36. The standard InChI is InChI=1S/C24H42O7Si3/c1-18(17-32-24(30-33(5,6)7)31-34(8,9)10)15-16-29-21(25)14-12-19-11-13-20(26-2)23(28-4)22(19)27-3/h11-14,18,24H,15-17H2,1-10H3/b14-12+. The highest BCUT2D eigenvalue weighted by atomic mass is 28.4. The molecule has 1 aromatic rings. The van der Waals surface area contributed by atoms with Crippen LogP contribution in [0.1, 0.15) is 18.9 Å². The zero-order valence-corrected chi connectivity index (χ0v) is 25.4. The SMILES string of the molecule is COc1ccc(/C=C/C(=O)OCCC(C)C[Si]C(O[Si](C)(C)C)O[Si](C)(C)C)c(OC)c1OC. The summed E-state index contributed by atoms with van der Waals surface area (Å²) in [5.41, 5.74) is 0.697. The van der Waals surface area contributed by atoms with E-state index in [-0.39, 0.29) is 5.91 Å². The first kappa shape index (κ1) is 30.4. The van der Waals surface area contributed by atoms with E-state index in [2.05, 4.69) is 46.2 Å². The molecule has 2 radical (unpaired) electrons.